The van der Waals surface area contributed by atoms with Crippen LogP contribution in [0.5, 0.6) is 5.75 Å². The van der Waals surface area contributed by atoms with E-state index >= 15 is 0 Å². The zero-order valence-corrected chi connectivity index (χ0v) is 17.7. The van der Waals surface area contributed by atoms with Gasteiger partial charge in [-0.25, -0.2) is 4.98 Å². The average Bonchev–Trinajstić information content (AvgIpc) is 2.84. The van der Waals surface area contributed by atoms with Crippen LogP contribution in [0.15, 0.2) is 48.7 Å². The molecule has 0 aliphatic carbocycles. The summed E-state index contributed by atoms with van der Waals surface area (Å²) in [4.78, 5) is 20.2. The van der Waals surface area contributed by atoms with Gasteiger partial charge in [0.1, 0.15) is 11.6 Å². The highest BCUT2D eigenvalue weighted by Gasteiger charge is 2.41. The van der Waals surface area contributed by atoms with Crippen LogP contribution in [0.1, 0.15) is 31.2 Å². The molecule has 3 heterocycles. The molecule has 4 rings (SSSR count). The molecule has 2 aliphatic rings. The van der Waals surface area contributed by atoms with Gasteiger partial charge in [0, 0.05) is 39.0 Å². The third kappa shape index (κ3) is 4.43. The Hall–Kier alpha value is -2.60. The first-order valence-corrected chi connectivity index (χ1v) is 10.9. The van der Waals surface area contributed by atoms with Gasteiger partial charge in [0.05, 0.1) is 12.5 Å². The molecule has 2 aromatic rings. The van der Waals surface area contributed by atoms with Gasteiger partial charge >= 0.3 is 0 Å². The number of carbonyl (C=O) groups is 1. The van der Waals surface area contributed by atoms with Crippen LogP contribution in [0.4, 0.5) is 5.82 Å². The molecule has 0 bridgehead atoms. The summed E-state index contributed by atoms with van der Waals surface area (Å²) >= 11 is 0. The highest BCUT2D eigenvalue weighted by molar-refractivity contribution is 5.88. The second-order valence-electron chi connectivity index (χ2n) is 8.25. The molecule has 6 heteroatoms. The van der Waals surface area contributed by atoms with Crippen LogP contribution in [-0.2, 0) is 14.9 Å². The number of rotatable bonds is 6. The summed E-state index contributed by atoms with van der Waals surface area (Å²) in [6, 6.07) is 14.0. The summed E-state index contributed by atoms with van der Waals surface area (Å²) in [5.41, 5.74) is 0.535. The fourth-order valence-electron chi connectivity index (χ4n) is 4.59. The smallest absolute Gasteiger partial charge is 0.230 e. The monoisotopic (exact) mass is 409 g/mol. The molecule has 30 heavy (non-hydrogen) atoms. The Bertz CT molecular complexity index is 811. The van der Waals surface area contributed by atoms with Gasteiger partial charge in [0.2, 0.25) is 5.91 Å². The Morgan fingerprint density at radius 2 is 1.90 bits per heavy atom. The van der Waals surface area contributed by atoms with Gasteiger partial charge in [-0.2, -0.15) is 0 Å². The van der Waals surface area contributed by atoms with Crippen molar-refractivity contribution < 1.29 is 14.3 Å². The molecule has 1 aromatic heterocycles. The number of nitrogens with zero attached hydrogens (tertiary/aromatic N) is 2. The van der Waals surface area contributed by atoms with Crippen LogP contribution in [-0.4, -0.2) is 50.8 Å². The standard InChI is InChI=1S/C24H31N3O3/c1-29-21-7-5-20(6-8-21)24(11-16-30-17-12-24)23(28)26-18-19-9-14-27(15-10-19)22-4-2-3-13-25-22/h2-8,13,19H,9-12,14-18H2,1H3,(H,26,28). The Kier molecular flexibility index (Phi) is 6.53. The lowest BCUT2D eigenvalue weighted by atomic mass is 9.73. The molecule has 160 valence electrons. The van der Waals surface area contributed by atoms with Crippen molar-refractivity contribution in [2.75, 3.05) is 44.9 Å². The van der Waals surface area contributed by atoms with Crippen LogP contribution < -0.4 is 15.0 Å². The van der Waals surface area contributed by atoms with Crippen LogP contribution in [0, 0.1) is 5.92 Å². The van der Waals surface area contributed by atoms with E-state index in [1.165, 1.54) is 0 Å². The maximum atomic E-state index is 13.4. The Morgan fingerprint density at radius 1 is 1.17 bits per heavy atom. The first kappa shape index (κ1) is 20.7. The van der Waals surface area contributed by atoms with Crippen LogP contribution in [0.3, 0.4) is 0 Å². The number of benzene rings is 1. The van der Waals surface area contributed by atoms with Crippen molar-refractivity contribution in [3.05, 3.63) is 54.2 Å². The number of aromatic nitrogens is 1. The number of ether oxygens (including phenoxy) is 2. The number of hydrogen-bond acceptors (Lipinski definition) is 5. The summed E-state index contributed by atoms with van der Waals surface area (Å²) in [6.45, 7) is 3.92. The summed E-state index contributed by atoms with van der Waals surface area (Å²) in [6.07, 6.45) is 5.39. The zero-order chi connectivity index (χ0) is 20.8. The number of anilines is 1. The normalized spacial score (nSPS) is 19.3. The zero-order valence-electron chi connectivity index (χ0n) is 17.7. The molecule has 1 aromatic carbocycles. The lowest BCUT2D eigenvalue weighted by Gasteiger charge is -2.37. The maximum Gasteiger partial charge on any atom is 0.230 e. The van der Waals surface area contributed by atoms with E-state index in [-0.39, 0.29) is 5.91 Å². The number of piperidine rings is 1. The molecule has 0 saturated carbocycles. The van der Waals surface area contributed by atoms with Gasteiger partial charge in [-0.05, 0) is 61.4 Å². The predicted molar refractivity (Wildman–Crippen MR) is 117 cm³/mol. The molecule has 0 spiro atoms. The van der Waals surface area contributed by atoms with Crippen molar-refractivity contribution in [3.8, 4) is 5.75 Å². The topological polar surface area (TPSA) is 63.7 Å². The first-order valence-electron chi connectivity index (χ1n) is 10.9. The predicted octanol–water partition coefficient (Wildman–Crippen LogP) is 3.17. The average molecular weight is 410 g/mol. The van der Waals surface area contributed by atoms with Crippen LogP contribution in [0.2, 0.25) is 0 Å². The Balaban J connectivity index is 1.36. The lowest BCUT2D eigenvalue weighted by Crippen LogP contribution is -2.49. The molecule has 1 N–H and O–H groups in total. The van der Waals surface area contributed by atoms with E-state index in [4.69, 9.17) is 9.47 Å². The number of amides is 1. The molecule has 6 nitrogen and oxygen atoms in total. The van der Waals surface area contributed by atoms with Gasteiger partial charge in [-0.15, -0.1) is 0 Å². The fraction of sp³-hybridized carbons (Fsp3) is 0.500. The number of hydrogen-bond donors (Lipinski definition) is 1. The molecular formula is C24H31N3O3. The summed E-state index contributed by atoms with van der Waals surface area (Å²) in [5.74, 6) is 2.48. The third-order valence-electron chi connectivity index (χ3n) is 6.56. The number of nitrogens with one attached hydrogen (secondary N) is 1. The van der Waals surface area contributed by atoms with E-state index in [2.05, 4.69) is 21.3 Å². The highest BCUT2D eigenvalue weighted by atomic mass is 16.5. The molecular weight excluding hydrogens is 378 g/mol. The van der Waals surface area contributed by atoms with Crippen molar-refractivity contribution in [3.63, 3.8) is 0 Å². The molecule has 0 atom stereocenters. The SMILES string of the molecule is COc1ccc(C2(C(=O)NCC3CCN(c4ccccn4)CC3)CCOCC2)cc1. The molecule has 2 fully saturated rings. The maximum absolute atomic E-state index is 13.4. The van der Waals surface area contributed by atoms with Crippen molar-refractivity contribution in [2.24, 2.45) is 5.92 Å². The van der Waals surface area contributed by atoms with E-state index in [1.807, 2.05) is 42.6 Å². The van der Waals surface area contributed by atoms with Crippen LogP contribution in [0.25, 0.3) is 0 Å². The molecule has 2 saturated heterocycles. The lowest BCUT2D eigenvalue weighted by molar-refractivity contribution is -0.130. The quantitative estimate of drug-likeness (QED) is 0.794. The highest BCUT2D eigenvalue weighted by Crippen LogP contribution is 2.36. The molecule has 0 radical (unpaired) electrons. The van der Waals surface area contributed by atoms with E-state index in [0.717, 1.165) is 49.6 Å². The van der Waals surface area contributed by atoms with E-state index in [9.17, 15) is 4.79 Å². The van der Waals surface area contributed by atoms with Crippen molar-refractivity contribution in [1.82, 2.24) is 10.3 Å². The van der Waals surface area contributed by atoms with E-state index in [1.54, 1.807) is 7.11 Å². The van der Waals surface area contributed by atoms with Crippen molar-refractivity contribution in [1.29, 1.82) is 0 Å². The Labute approximate surface area is 178 Å². The van der Waals surface area contributed by atoms with Crippen molar-refractivity contribution >= 4 is 11.7 Å². The summed E-state index contributed by atoms with van der Waals surface area (Å²) in [7, 11) is 1.66. The Morgan fingerprint density at radius 3 is 2.53 bits per heavy atom. The molecule has 0 unspecified atom stereocenters. The summed E-state index contributed by atoms with van der Waals surface area (Å²) < 4.78 is 10.9. The van der Waals surface area contributed by atoms with Crippen LogP contribution >= 0.6 is 0 Å². The minimum absolute atomic E-state index is 0.128. The minimum Gasteiger partial charge on any atom is -0.497 e. The van der Waals surface area contributed by atoms with E-state index < -0.39 is 5.41 Å². The van der Waals surface area contributed by atoms with Gasteiger partial charge in [-0.3, -0.25) is 4.79 Å². The fourth-order valence-corrected chi connectivity index (χ4v) is 4.59. The number of pyridine rings is 1. The third-order valence-corrected chi connectivity index (χ3v) is 6.56. The largest absolute Gasteiger partial charge is 0.497 e. The summed E-state index contributed by atoms with van der Waals surface area (Å²) in [5, 5.41) is 3.28. The van der Waals surface area contributed by atoms with Gasteiger partial charge < -0.3 is 19.7 Å². The first-order chi connectivity index (χ1) is 14.7. The number of carbonyl (C=O) groups excluding carboxylic acids is 1. The van der Waals surface area contributed by atoms with Gasteiger partial charge in [0.25, 0.3) is 0 Å². The van der Waals surface area contributed by atoms with Gasteiger partial charge in [0.15, 0.2) is 0 Å². The second-order valence-corrected chi connectivity index (χ2v) is 8.25. The molecule has 1 amide bonds. The van der Waals surface area contributed by atoms with Crippen molar-refractivity contribution in [2.45, 2.75) is 31.1 Å². The van der Waals surface area contributed by atoms with E-state index in [0.29, 0.717) is 32.0 Å². The van der Waals surface area contributed by atoms with Gasteiger partial charge in [-0.1, -0.05) is 18.2 Å². The molecule has 2 aliphatic heterocycles. The minimum atomic E-state index is -0.515. The second kappa shape index (κ2) is 9.47. The number of methoxy groups -OCH3 is 1.